The monoisotopic (exact) mass is 263 g/mol. The number of hydrogen-bond acceptors (Lipinski definition) is 2. The predicted octanol–water partition coefficient (Wildman–Crippen LogP) is 3.84. The first-order valence-corrected chi connectivity index (χ1v) is 7.65. The van der Waals surface area contributed by atoms with E-state index in [0.29, 0.717) is 6.54 Å². The number of aliphatic hydroxyl groups is 1. The molecule has 0 saturated heterocycles. The lowest BCUT2D eigenvalue weighted by Gasteiger charge is -2.24. The van der Waals surface area contributed by atoms with Gasteiger partial charge in [-0.05, 0) is 25.5 Å². The van der Waals surface area contributed by atoms with Crippen LogP contribution in [0.5, 0.6) is 0 Å². The third kappa shape index (κ3) is 6.74. The van der Waals surface area contributed by atoms with Crippen molar-refractivity contribution < 1.29 is 5.11 Å². The molecular weight excluding hydrogens is 234 g/mol. The first-order valence-electron chi connectivity index (χ1n) is 7.65. The van der Waals surface area contributed by atoms with E-state index in [4.69, 9.17) is 0 Å². The summed E-state index contributed by atoms with van der Waals surface area (Å²) in [6, 6.07) is 9.87. The number of hydrogen-bond donors (Lipinski definition) is 2. The zero-order chi connectivity index (χ0) is 14.0. The summed E-state index contributed by atoms with van der Waals surface area (Å²) in [6.45, 7) is 5.73. The van der Waals surface area contributed by atoms with E-state index < -0.39 is 5.60 Å². The van der Waals surface area contributed by atoms with Crippen molar-refractivity contribution in [3.63, 3.8) is 0 Å². The molecule has 1 aromatic rings. The minimum atomic E-state index is -0.774. The van der Waals surface area contributed by atoms with Gasteiger partial charge in [0, 0.05) is 6.54 Å². The second-order valence-corrected chi connectivity index (χ2v) is 5.58. The first kappa shape index (κ1) is 16.2. The van der Waals surface area contributed by atoms with E-state index in [1.165, 1.54) is 38.5 Å². The molecule has 0 aliphatic carbocycles. The molecule has 19 heavy (non-hydrogen) atoms. The van der Waals surface area contributed by atoms with Crippen LogP contribution >= 0.6 is 0 Å². The highest BCUT2D eigenvalue weighted by molar-refractivity contribution is 5.21. The average Bonchev–Trinajstić information content (AvgIpc) is 2.43. The summed E-state index contributed by atoms with van der Waals surface area (Å²) >= 11 is 0. The van der Waals surface area contributed by atoms with Crippen LogP contribution in [0.25, 0.3) is 0 Å². The van der Waals surface area contributed by atoms with Crippen LogP contribution in [0.3, 0.4) is 0 Å². The topological polar surface area (TPSA) is 32.3 Å². The average molecular weight is 263 g/mol. The van der Waals surface area contributed by atoms with Crippen molar-refractivity contribution >= 4 is 0 Å². The minimum Gasteiger partial charge on any atom is -0.384 e. The highest BCUT2D eigenvalue weighted by Crippen LogP contribution is 2.18. The van der Waals surface area contributed by atoms with Crippen molar-refractivity contribution in [1.82, 2.24) is 5.32 Å². The van der Waals surface area contributed by atoms with Gasteiger partial charge in [0.15, 0.2) is 0 Å². The fourth-order valence-corrected chi connectivity index (χ4v) is 2.26. The van der Waals surface area contributed by atoms with Crippen LogP contribution in [0.2, 0.25) is 0 Å². The molecule has 1 rings (SSSR count). The maximum atomic E-state index is 10.4. The largest absolute Gasteiger partial charge is 0.384 e. The molecule has 0 radical (unpaired) electrons. The van der Waals surface area contributed by atoms with Crippen LogP contribution < -0.4 is 5.32 Å². The van der Waals surface area contributed by atoms with E-state index in [2.05, 4.69) is 12.2 Å². The summed E-state index contributed by atoms with van der Waals surface area (Å²) in [4.78, 5) is 0. The van der Waals surface area contributed by atoms with Crippen molar-refractivity contribution in [3.8, 4) is 0 Å². The molecule has 2 heteroatoms. The van der Waals surface area contributed by atoms with Gasteiger partial charge >= 0.3 is 0 Å². The Morgan fingerprint density at radius 3 is 2.32 bits per heavy atom. The smallest absolute Gasteiger partial charge is 0.0992 e. The Bertz CT molecular complexity index is 321. The molecule has 0 heterocycles. The maximum Gasteiger partial charge on any atom is 0.0992 e. The summed E-state index contributed by atoms with van der Waals surface area (Å²) in [5.74, 6) is 0. The second kappa shape index (κ2) is 9.11. The van der Waals surface area contributed by atoms with Gasteiger partial charge in [0.05, 0.1) is 5.60 Å². The molecule has 1 aromatic carbocycles. The van der Waals surface area contributed by atoms with Gasteiger partial charge in [-0.2, -0.15) is 0 Å². The van der Waals surface area contributed by atoms with Crippen LogP contribution in [0.4, 0.5) is 0 Å². The summed E-state index contributed by atoms with van der Waals surface area (Å²) in [6.07, 6.45) is 7.85. The highest BCUT2D eigenvalue weighted by atomic mass is 16.3. The normalized spacial score (nSPS) is 14.3. The molecule has 2 nitrogen and oxygen atoms in total. The Hall–Kier alpha value is -0.860. The van der Waals surface area contributed by atoms with Crippen LogP contribution in [0, 0.1) is 0 Å². The van der Waals surface area contributed by atoms with E-state index in [1.807, 2.05) is 37.3 Å². The first-order chi connectivity index (χ1) is 9.17. The standard InChI is InChI=1S/C17H29NO/c1-3-4-5-6-7-11-14-18-15-17(2,19)16-12-9-8-10-13-16/h8-10,12-13,18-19H,3-7,11,14-15H2,1-2H3. The van der Waals surface area contributed by atoms with Crippen LogP contribution in [0.1, 0.15) is 57.9 Å². The molecule has 1 atom stereocenters. The minimum absolute atomic E-state index is 0.617. The lowest BCUT2D eigenvalue weighted by atomic mass is 9.96. The van der Waals surface area contributed by atoms with Gasteiger partial charge in [-0.25, -0.2) is 0 Å². The van der Waals surface area contributed by atoms with E-state index in [-0.39, 0.29) is 0 Å². The Labute approximate surface area is 118 Å². The lowest BCUT2D eigenvalue weighted by Crippen LogP contribution is -2.35. The zero-order valence-corrected chi connectivity index (χ0v) is 12.5. The van der Waals surface area contributed by atoms with Crippen LogP contribution in [-0.4, -0.2) is 18.2 Å². The number of benzene rings is 1. The fraction of sp³-hybridized carbons (Fsp3) is 0.647. The number of rotatable bonds is 10. The summed E-state index contributed by atoms with van der Waals surface area (Å²) < 4.78 is 0. The van der Waals surface area contributed by atoms with Gasteiger partial charge in [0.1, 0.15) is 0 Å². The SMILES string of the molecule is CCCCCCCCNCC(C)(O)c1ccccc1. The van der Waals surface area contributed by atoms with Gasteiger partial charge in [0.25, 0.3) is 0 Å². The molecule has 0 amide bonds. The fourth-order valence-electron chi connectivity index (χ4n) is 2.26. The number of unbranched alkanes of at least 4 members (excludes halogenated alkanes) is 5. The van der Waals surface area contributed by atoms with Gasteiger partial charge in [-0.1, -0.05) is 69.4 Å². The maximum absolute atomic E-state index is 10.4. The Kier molecular flexibility index (Phi) is 7.76. The molecule has 0 aliphatic rings. The molecule has 108 valence electrons. The van der Waals surface area contributed by atoms with Gasteiger partial charge < -0.3 is 10.4 Å². The summed E-state index contributed by atoms with van der Waals surface area (Å²) in [7, 11) is 0. The third-order valence-corrected chi connectivity index (χ3v) is 3.57. The molecular formula is C17H29NO. The van der Waals surface area contributed by atoms with Crippen molar-refractivity contribution in [2.75, 3.05) is 13.1 Å². The molecule has 0 bridgehead atoms. The van der Waals surface area contributed by atoms with E-state index in [0.717, 1.165) is 12.1 Å². The number of nitrogens with one attached hydrogen (secondary N) is 1. The Balaban J connectivity index is 2.12. The zero-order valence-electron chi connectivity index (χ0n) is 12.5. The van der Waals surface area contributed by atoms with Crippen molar-refractivity contribution in [1.29, 1.82) is 0 Å². The van der Waals surface area contributed by atoms with Crippen molar-refractivity contribution in [3.05, 3.63) is 35.9 Å². The summed E-state index contributed by atoms with van der Waals surface area (Å²) in [5, 5.41) is 13.8. The second-order valence-electron chi connectivity index (χ2n) is 5.58. The van der Waals surface area contributed by atoms with Crippen molar-refractivity contribution in [2.45, 2.75) is 58.0 Å². The van der Waals surface area contributed by atoms with E-state index >= 15 is 0 Å². The van der Waals surface area contributed by atoms with Gasteiger partial charge in [-0.15, -0.1) is 0 Å². The van der Waals surface area contributed by atoms with Crippen LogP contribution in [0.15, 0.2) is 30.3 Å². The molecule has 0 aliphatic heterocycles. The van der Waals surface area contributed by atoms with Crippen molar-refractivity contribution in [2.24, 2.45) is 0 Å². The predicted molar refractivity (Wildman–Crippen MR) is 82.3 cm³/mol. The summed E-state index contributed by atoms with van der Waals surface area (Å²) in [5.41, 5.74) is 0.203. The van der Waals surface area contributed by atoms with E-state index in [1.54, 1.807) is 0 Å². The van der Waals surface area contributed by atoms with Crippen LogP contribution in [-0.2, 0) is 5.60 Å². The van der Waals surface area contributed by atoms with E-state index in [9.17, 15) is 5.11 Å². The van der Waals surface area contributed by atoms with Gasteiger partial charge in [-0.3, -0.25) is 0 Å². The van der Waals surface area contributed by atoms with Gasteiger partial charge in [0.2, 0.25) is 0 Å². The molecule has 2 N–H and O–H groups in total. The molecule has 0 spiro atoms. The lowest BCUT2D eigenvalue weighted by molar-refractivity contribution is 0.0571. The molecule has 0 fully saturated rings. The third-order valence-electron chi connectivity index (χ3n) is 3.57. The highest BCUT2D eigenvalue weighted by Gasteiger charge is 2.21. The molecule has 0 saturated carbocycles. The quantitative estimate of drug-likeness (QED) is 0.629. The molecule has 0 aromatic heterocycles. The Morgan fingerprint density at radius 1 is 1.00 bits per heavy atom. The Morgan fingerprint density at radius 2 is 1.63 bits per heavy atom. The molecule has 1 unspecified atom stereocenters.